The average Bonchev–Trinajstić information content (AvgIpc) is 2.12. The summed E-state index contributed by atoms with van der Waals surface area (Å²) in [5, 5.41) is 11.9. The summed E-state index contributed by atoms with van der Waals surface area (Å²) in [6, 6.07) is -0.0153. The summed E-state index contributed by atoms with van der Waals surface area (Å²) in [6.07, 6.45) is 1.01. The standard InChI is InChI=1S/C9H18N2O2/c1-3-4-11-7(2)5-10-9(13)8(11)6-12/h7-8,12H,3-6H2,1-2H3,(H,10,13). The van der Waals surface area contributed by atoms with Gasteiger partial charge in [0.15, 0.2) is 0 Å². The fraction of sp³-hybridized carbons (Fsp3) is 0.889. The SMILES string of the molecule is CCCN1C(C)CNC(=O)C1CO. The van der Waals surface area contributed by atoms with Gasteiger partial charge in [-0.15, -0.1) is 0 Å². The Bertz CT molecular complexity index is 184. The zero-order chi connectivity index (χ0) is 9.84. The first-order valence-electron chi connectivity index (χ1n) is 4.85. The lowest BCUT2D eigenvalue weighted by Crippen LogP contribution is -2.60. The summed E-state index contributed by atoms with van der Waals surface area (Å²) < 4.78 is 0. The van der Waals surface area contributed by atoms with Crippen molar-refractivity contribution in [3.63, 3.8) is 0 Å². The van der Waals surface area contributed by atoms with Gasteiger partial charge in [-0.3, -0.25) is 9.69 Å². The van der Waals surface area contributed by atoms with Gasteiger partial charge in [0.25, 0.3) is 0 Å². The van der Waals surface area contributed by atoms with Crippen LogP contribution in [0.15, 0.2) is 0 Å². The fourth-order valence-electron chi connectivity index (χ4n) is 1.76. The molecule has 4 nitrogen and oxygen atoms in total. The van der Waals surface area contributed by atoms with Crippen LogP contribution in [-0.2, 0) is 4.79 Å². The Morgan fingerprint density at radius 2 is 2.38 bits per heavy atom. The summed E-state index contributed by atoms with van der Waals surface area (Å²) >= 11 is 0. The molecule has 0 bridgehead atoms. The number of nitrogens with zero attached hydrogens (tertiary/aromatic N) is 1. The van der Waals surface area contributed by atoms with Crippen LogP contribution in [0, 0.1) is 0 Å². The van der Waals surface area contributed by atoms with Crippen molar-refractivity contribution in [3.05, 3.63) is 0 Å². The number of aliphatic hydroxyl groups is 1. The molecule has 13 heavy (non-hydrogen) atoms. The molecule has 0 aromatic heterocycles. The van der Waals surface area contributed by atoms with E-state index in [0.29, 0.717) is 12.6 Å². The number of nitrogens with one attached hydrogen (secondary N) is 1. The van der Waals surface area contributed by atoms with E-state index in [1.54, 1.807) is 0 Å². The Balaban J connectivity index is 2.65. The third-order valence-electron chi connectivity index (χ3n) is 2.50. The lowest BCUT2D eigenvalue weighted by atomic mass is 10.1. The summed E-state index contributed by atoms with van der Waals surface area (Å²) in [5.41, 5.74) is 0. The zero-order valence-corrected chi connectivity index (χ0v) is 8.29. The van der Waals surface area contributed by atoms with Gasteiger partial charge in [-0.25, -0.2) is 0 Å². The molecule has 0 aliphatic carbocycles. The van der Waals surface area contributed by atoms with Crippen molar-refractivity contribution in [1.82, 2.24) is 10.2 Å². The van der Waals surface area contributed by atoms with E-state index in [9.17, 15) is 4.79 Å². The number of carbonyl (C=O) groups excluding carboxylic acids is 1. The first kappa shape index (κ1) is 10.5. The van der Waals surface area contributed by atoms with Crippen molar-refractivity contribution in [2.24, 2.45) is 0 Å². The molecule has 0 spiro atoms. The molecule has 1 fully saturated rings. The molecule has 2 atom stereocenters. The Morgan fingerprint density at radius 1 is 1.69 bits per heavy atom. The molecule has 0 radical (unpaired) electrons. The van der Waals surface area contributed by atoms with Gasteiger partial charge in [0, 0.05) is 12.6 Å². The molecule has 1 heterocycles. The average molecular weight is 186 g/mol. The summed E-state index contributed by atoms with van der Waals surface area (Å²) in [5.74, 6) is -0.0472. The minimum atomic E-state index is -0.344. The number of rotatable bonds is 3. The monoisotopic (exact) mass is 186 g/mol. The van der Waals surface area contributed by atoms with E-state index in [2.05, 4.69) is 24.1 Å². The molecule has 1 aliphatic heterocycles. The fourth-order valence-corrected chi connectivity index (χ4v) is 1.76. The van der Waals surface area contributed by atoms with Crippen LogP contribution < -0.4 is 5.32 Å². The van der Waals surface area contributed by atoms with Crippen molar-refractivity contribution < 1.29 is 9.90 Å². The maximum absolute atomic E-state index is 11.3. The highest BCUT2D eigenvalue weighted by Gasteiger charge is 2.32. The molecule has 4 heteroatoms. The Morgan fingerprint density at radius 3 is 2.92 bits per heavy atom. The van der Waals surface area contributed by atoms with E-state index in [-0.39, 0.29) is 18.6 Å². The number of carbonyl (C=O) groups is 1. The van der Waals surface area contributed by atoms with Crippen molar-refractivity contribution in [1.29, 1.82) is 0 Å². The van der Waals surface area contributed by atoms with Gasteiger partial charge in [-0.2, -0.15) is 0 Å². The highest BCUT2D eigenvalue weighted by atomic mass is 16.3. The van der Waals surface area contributed by atoms with Crippen LogP contribution >= 0.6 is 0 Å². The molecule has 1 rings (SSSR count). The lowest BCUT2D eigenvalue weighted by Gasteiger charge is -2.38. The number of amides is 1. The van der Waals surface area contributed by atoms with Gasteiger partial charge >= 0.3 is 0 Å². The summed E-state index contributed by atoms with van der Waals surface area (Å²) in [4.78, 5) is 13.4. The van der Waals surface area contributed by atoms with Crippen LogP contribution in [0.4, 0.5) is 0 Å². The number of hydrogen-bond acceptors (Lipinski definition) is 3. The second-order valence-electron chi connectivity index (χ2n) is 3.53. The molecule has 0 saturated carbocycles. The van der Waals surface area contributed by atoms with E-state index in [0.717, 1.165) is 13.0 Å². The van der Waals surface area contributed by atoms with Crippen LogP contribution in [-0.4, -0.2) is 47.7 Å². The van der Waals surface area contributed by atoms with Crippen molar-refractivity contribution >= 4 is 5.91 Å². The number of hydrogen-bond donors (Lipinski definition) is 2. The third-order valence-corrected chi connectivity index (χ3v) is 2.50. The minimum absolute atomic E-state index is 0.0472. The van der Waals surface area contributed by atoms with Gasteiger partial charge in [0.1, 0.15) is 6.04 Å². The van der Waals surface area contributed by atoms with Crippen molar-refractivity contribution in [2.75, 3.05) is 19.7 Å². The molecule has 1 aliphatic rings. The molecule has 1 amide bonds. The molecule has 76 valence electrons. The van der Waals surface area contributed by atoms with Gasteiger partial charge in [0.2, 0.25) is 5.91 Å². The summed E-state index contributed by atoms with van der Waals surface area (Å²) in [6.45, 7) is 5.62. The normalized spacial score (nSPS) is 30.2. The highest BCUT2D eigenvalue weighted by molar-refractivity contribution is 5.82. The van der Waals surface area contributed by atoms with E-state index >= 15 is 0 Å². The highest BCUT2D eigenvalue weighted by Crippen LogP contribution is 2.10. The van der Waals surface area contributed by atoms with E-state index < -0.39 is 0 Å². The second-order valence-corrected chi connectivity index (χ2v) is 3.53. The van der Waals surface area contributed by atoms with Gasteiger partial charge < -0.3 is 10.4 Å². The maximum Gasteiger partial charge on any atom is 0.239 e. The maximum atomic E-state index is 11.3. The predicted molar refractivity (Wildman–Crippen MR) is 50.3 cm³/mol. The van der Waals surface area contributed by atoms with Crippen LogP contribution in [0.1, 0.15) is 20.3 Å². The molecule has 0 aromatic rings. The lowest BCUT2D eigenvalue weighted by molar-refractivity contribution is -0.132. The second kappa shape index (κ2) is 4.58. The molecule has 2 N–H and O–H groups in total. The Labute approximate surface area is 78.9 Å². The predicted octanol–water partition coefficient (Wildman–Crippen LogP) is -0.422. The minimum Gasteiger partial charge on any atom is -0.394 e. The quantitative estimate of drug-likeness (QED) is 0.629. The molecule has 0 aromatic carbocycles. The van der Waals surface area contributed by atoms with Crippen LogP contribution in [0.5, 0.6) is 0 Å². The topological polar surface area (TPSA) is 52.6 Å². The van der Waals surface area contributed by atoms with Gasteiger partial charge in [-0.1, -0.05) is 6.92 Å². The van der Waals surface area contributed by atoms with E-state index in [1.807, 2.05) is 0 Å². The molecular weight excluding hydrogens is 168 g/mol. The zero-order valence-electron chi connectivity index (χ0n) is 8.29. The Hall–Kier alpha value is -0.610. The van der Waals surface area contributed by atoms with Crippen LogP contribution in [0.25, 0.3) is 0 Å². The largest absolute Gasteiger partial charge is 0.394 e. The first-order chi connectivity index (χ1) is 6.20. The molecule has 2 unspecified atom stereocenters. The van der Waals surface area contributed by atoms with Gasteiger partial charge in [0.05, 0.1) is 6.61 Å². The van der Waals surface area contributed by atoms with E-state index in [4.69, 9.17) is 5.11 Å². The molecular formula is C9H18N2O2. The van der Waals surface area contributed by atoms with Crippen LogP contribution in [0.2, 0.25) is 0 Å². The number of piperazine rings is 1. The smallest absolute Gasteiger partial charge is 0.239 e. The van der Waals surface area contributed by atoms with E-state index in [1.165, 1.54) is 0 Å². The molecule has 1 saturated heterocycles. The Kier molecular flexibility index (Phi) is 3.69. The number of aliphatic hydroxyl groups excluding tert-OH is 1. The third kappa shape index (κ3) is 2.19. The van der Waals surface area contributed by atoms with Gasteiger partial charge in [-0.05, 0) is 19.9 Å². The van der Waals surface area contributed by atoms with Crippen molar-refractivity contribution in [3.8, 4) is 0 Å². The summed E-state index contributed by atoms with van der Waals surface area (Å²) in [7, 11) is 0. The van der Waals surface area contributed by atoms with Crippen molar-refractivity contribution in [2.45, 2.75) is 32.4 Å². The van der Waals surface area contributed by atoms with Crippen LogP contribution in [0.3, 0.4) is 0 Å². The first-order valence-corrected chi connectivity index (χ1v) is 4.85.